The molecule has 0 spiro atoms. The first kappa shape index (κ1) is 13.2. The van der Waals surface area contributed by atoms with E-state index < -0.39 is 11.6 Å². The maximum atomic E-state index is 11.4. The summed E-state index contributed by atoms with van der Waals surface area (Å²) in [7, 11) is 0. The number of aryl methyl sites for hydroxylation is 1. The van der Waals surface area contributed by atoms with Gasteiger partial charge in [0.15, 0.2) is 5.69 Å². The van der Waals surface area contributed by atoms with E-state index in [0.29, 0.717) is 6.54 Å². The van der Waals surface area contributed by atoms with E-state index >= 15 is 0 Å². The molecule has 0 fully saturated rings. The smallest absolute Gasteiger partial charge is 0.356 e. The minimum Gasteiger partial charge on any atom is -0.476 e. The predicted molar refractivity (Wildman–Crippen MR) is 59.6 cm³/mol. The van der Waals surface area contributed by atoms with E-state index in [2.05, 4.69) is 5.10 Å². The lowest BCUT2D eigenvalue weighted by Gasteiger charge is -2.19. The maximum Gasteiger partial charge on any atom is 0.356 e. The molecule has 0 aliphatic rings. The minimum atomic E-state index is -1.08. The zero-order valence-corrected chi connectivity index (χ0v) is 10.1. The number of ether oxygens (including phenoxy) is 1. The van der Waals surface area contributed by atoms with Crippen molar-refractivity contribution in [3.63, 3.8) is 0 Å². The van der Waals surface area contributed by atoms with Crippen molar-refractivity contribution in [2.45, 2.75) is 39.3 Å². The average molecular weight is 240 g/mol. The molecule has 0 aromatic carbocycles. The highest BCUT2D eigenvalue weighted by Gasteiger charge is 2.16. The van der Waals surface area contributed by atoms with Gasteiger partial charge in [-0.15, -0.1) is 0 Å². The number of carboxylic acid groups (broad SMARTS) is 1. The average Bonchev–Trinajstić information content (AvgIpc) is 2.60. The maximum absolute atomic E-state index is 11.4. The number of rotatable bonds is 4. The van der Waals surface area contributed by atoms with Crippen LogP contribution in [0.25, 0.3) is 0 Å². The molecule has 0 radical (unpaired) electrons. The molecule has 1 N–H and O–H groups in total. The van der Waals surface area contributed by atoms with Crippen LogP contribution in [0.2, 0.25) is 0 Å². The fourth-order valence-electron chi connectivity index (χ4n) is 1.20. The van der Waals surface area contributed by atoms with Crippen molar-refractivity contribution in [3.8, 4) is 0 Å². The number of carbonyl (C=O) groups excluding carboxylic acids is 1. The van der Waals surface area contributed by atoms with Crippen LogP contribution in [0.4, 0.5) is 0 Å². The zero-order valence-electron chi connectivity index (χ0n) is 10.1. The fourth-order valence-corrected chi connectivity index (χ4v) is 1.20. The van der Waals surface area contributed by atoms with Crippen LogP contribution in [0.1, 0.15) is 37.7 Å². The second-order valence-electron chi connectivity index (χ2n) is 4.61. The Balaban J connectivity index is 2.45. The number of aromatic carboxylic acids is 1. The molecule has 6 heteroatoms. The zero-order chi connectivity index (χ0) is 13.1. The van der Waals surface area contributed by atoms with Gasteiger partial charge in [0.25, 0.3) is 0 Å². The van der Waals surface area contributed by atoms with Gasteiger partial charge in [0.05, 0.1) is 13.0 Å². The molecule has 1 rings (SSSR count). The molecule has 0 bridgehead atoms. The van der Waals surface area contributed by atoms with Crippen molar-refractivity contribution >= 4 is 11.9 Å². The lowest BCUT2D eigenvalue weighted by molar-refractivity contribution is -0.155. The largest absolute Gasteiger partial charge is 0.476 e. The van der Waals surface area contributed by atoms with E-state index in [1.165, 1.54) is 16.9 Å². The first-order valence-electron chi connectivity index (χ1n) is 5.26. The van der Waals surface area contributed by atoms with Crippen LogP contribution in [0, 0.1) is 0 Å². The van der Waals surface area contributed by atoms with E-state index in [-0.39, 0.29) is 18.1 Å². The molecule has 0 unspecified atom stereocenters. The molecule has 1 aromatic rings. The number of nitrogens with zero attached hydrogens (tertiary/aromatic N) is 2. The molecule has 1 heterocycles. The number of esters is 1. The van der Waals surface area contributed by atoms with Crippen LogP contribution >= 0.6 is 0 Å². The van der Waals surface area contributed by atoms with Gasteiger partial charge in [-0.2, -0.15) is 5.10 Å². The Labute approximate surface area is 99.2 Å². The molecule has 0 saturated heterocycles. The first-order valence-corrected chi connectivity index (χ1v) is 5.26. The molecule has 0 aliphatic carbocycles. The van der Waals surface area contributed by atoms with Crippen molar-refractivity contribution in [3.05, 3.63) is 18.0 Å². The molecule has 0 amide bonds. The lowest BCUT2D eigenvalue weighted by atomic mass is 10.2. The number of aromatic nitrogens is 2. The molecule has 0 aliphatic heterocycles. The van der Waals surface area contributed by atoms with E-state index in [1.54, 1.807) is 20.8 Å². The van der Waals surface area contributed by atoms with Gasteiger partial charge in [-0.3, -0.25) is 9.48 Å². The third-order valence-corrected chi connectivity index (χ3v) is 1.82. The lowest BCUT2D eigenvalue weighted by Crippen LogP contribution is -2.24. The Bertz CT molecular complexity index is 417. The van der Waals surface area contributed by atoms with Gasteiger partial charge in [-0.05, 0) is 26.8 Å². The van der Waals surface area contributed by atoms with Gasteiger partial charge in [0.1, 0.15) is 5.60 Å². The molecular formula is C11H16N2O4. The van der Waals surface area contributed by atoms with Crippen molar-refractivity contribution in [2.75, 3.05) is 0 Å². The summed E-state index contributed by atoms with van der Waals surface area (Å²) in [5.74, 6) is -1.41. The number of hydrogen-bond acceptors (Lipinski definition) is 4. The summed E-state index contributed by atoms with van der Waals surface area (Å²) in [6.07, 6.45) is 1.69. The van der Waals surface area contributed by atoms with E-state index in [1.807, 2.05) is 0 Å². The van der Waals surface area contributed by atoms with E-state index in [0.717, 1.165) is 0 Å². The third kappa shape index (κ3) is 4.67. The van der Waals surface area contributed by atoms with Crippen LogP contribution in [0.5, 0.6) is 0 Å². The topological polar surface area (TPSA) is 81.4 Å². The van der Waals surface area contributed by atoms with Crippen LogP contribution in [-0.2, 0) is 16.1 Å². The number of carboxylic acids is 1. The summed E-state index contributed by atoms with van der Waals surface area (Å²) < 4.78 is 6.53. The van der Waals surface area contributed by atoms with Gasteiger partial charge in [-0.1, -0.05) is 0 Å². The van der Waals surface area contributed by atoms with Crippen LogP contribution in [0.3, 0.4) is 0 Å². The first-order chi connectivity index (χ1) is 7.78. The van der Waals surface area contributed by atoms with Gasteiger partial charge >= 0.3 is 11.9 Å². The number of hydrogen-bond donors (Lipinski definition) is 1. The summed E-state index contributed by atoms with van der Waals surface area (Å²) in [6, 6.07) is 1.39. The summed E-state index contributed by atoms with van der Waals surface area (Å²) in [5.41, 5.74) is -0.540. The third-order valence-electron chi connectivity index (χ3n) is 1.82. The summed E-state index contributed by atoms with van der Waals surface area (Å²) >= 11 is 0. The highest BCUT2D eigenvalue weighted by Crippen LogP contribution is 2.08. The molecule has 6 nitrogen and oxygen atoms in total. The Morgan fingerprint density at radius 2 is 2.12 bits per heavy atom. The summed E-state index contributed by atoms with van der Waals surface area (Å²) in [5, 5.41) is 12.4. The van der Waals surface area contributed by atoms with Gasteiger partial charge in [-0.25, -0.2) is 4.79 Å². The van der Waals surface area contributed by atoms with Gasteiger partial charge in [0, 0.05) is 6.20 Å². The summed E-state index contributed by atoms with van der Waals surface area (Å²) in [4.78, 5) is 22.0. The quantitative estimate of drug-likeness (QED) is 0.802. The molecule has 94 valence electrons. The second-order valence-corrected chi connectivity index (χ2v) is 4.61. The Morgan fingerprint density at radius 3 is 2.59 bits per heavy atom. The van der Waals surface area contributed by atoms with Crippen molar-refractivity contribution in [1.82, 2.24) is 9.78 Å². The Morgan fingerprint density at radius 1 is 1.47 bits per heavy atom. The van der Waals surface area contributed by atoms with Crippen molar-refractivity contribution < 1.29 is 19.4 Å². The van der Waals surface area contributed by atoms with Gasteiger partial charge in [0.2, 0.25) is 0 Å². The van der Waals surface area contributed by atoms with Crippen molar-refractivity contribution in [2.24, 2.45) is 0 Å². The Kier molecular flexibility index (Phi) is 3.88. The van der Waals surface area contributed by atoms with Crippen LogP contribution < -0.4 is 0 Å². The minimum absolute atomic E-state index is 0.0332. The standard InChI is InChI=1S/C11H16N2O4/c1-11(2,3)17-9(14)5-7-13-6-4-8(12-13)10(15)16/h4,6H,5,7H2,1-3H3,(H,15,16). The van der Waals surface area contributed by atoms with Crippen molar-refractivity contribution in [1.29, 1.82) is 0 Å². The second kappa shape index (κ2) is 4.99. The van der Waals surface area contributed by atoms with Crippen LogP contribution in [0.15, 0.2) is 12.3 Å². The Hall–Kier alpha value is -1.85. The molecule has 1 aromatic heterocycles. The van der Waals surface area contributed by atoms with E-state index in [4.69, 9.17) is 9.84 Å². The normalized spacial score (nSPS) is 11.2. The molecular weight excluding hydrogens is 224 g/mol. The van der Waals surface area contributed by atoms with Crippen LogP contribution in [-0.4, -0.2) is 32.4 Å². The molecule has 0 atom stereocenters. The highest BCUT2D eigenvalue weighted by atomic mass is 16.6. The fraction of sp³-hybridized carbons (Fsp3) is 0.545. The van der Waals surface area contributed by atoms with Gasteiger partial charge < -0.3 is 9.84 Å². The monoisotopic (exact) mass is 240 g/mol. The molecule has 0 saturated carbocycles. The predicted octanol–water partition coefficient (Wildman–Crippen LogP) is 1.31. The van der Waals surface area contributed by atoms with E-state index in [9.17, 15) is 9.59 Å². The summed E-state index contributed by atoms with van der Waals surface area (Å²) in [6.45, 7) is 5.69. The number of carbonyl (C=O) groups is 2. The SMILES string of the molecule is CC(C)(C)OC(=O)CCn1ccc(C(=O)O)n1. The molecule has 17 heavy (non-hydrogen) atoms. The highest BCUT2D eigenvalue weighted by molar-refractivity contribution is 5.85.